The van der Waals surface area contributed by atoms with Crippen molar-refractivity contribution >= 4 is 21.8 Å². The van der Waals surface area contributed by atoms with Crippen LogP contribution in [0.15, 0.2) is 94.8 Å². The van der Waals surface area contributed by atoms with Crippen molar-refractivity contribution in [1.82, 2.24) is 14.1 Å². The Morgan fingerprint density at radius 3 is 2.09 bits per heavy atom. The molecule has 6 heteroatoms. The molecule has 5 aromatic rings. The molecule has 158 valence electrons. The molecular weight excluding hydrogens is 405 g/mol. The summed E-state index contributed by atoms with van der Waals surface area (Å²) in [6.07, 6.45) is 4.13. The van der Waals surface area contributed by atoms with E-state index in [9.17, 15) is 14.0 Å². The summed E-state index contributed by atoms with van der Waals surface area (Å²) in [4.78, 5) is 30.7. The average Bonchev–Trinajstić information content (AvgIpc) is 2.81. The number of benzene rings is 2. The van der Waals surface area contributed by atoms with Crippen LogP contribution < -0.4 is 11.1 Å². The molecule has 3 heterocycles. The summed E-state index contributed by atoms with van der Waals surface area (Å²) in [6.45, 7) is 0.774. The van der Waals surface area contributed by atoms with E-state index in [2.05, 4.69) is 4.98 Å². The van der Waals surface area contributed by atoms with Gasteiger partial charge in [-0.1, -0.05) is 42.5 Å². The Kier molecular flexibility index (Phi) is 5.11. The predicted octanol–water partition coefficient (Wildman–Crippen LogP) is 4.14. The van der Waals surface area contributed by atoms with Crippen molar-refractivity contribution in [3.63, 3.8) is 0 Å². The number of aryl methyl sites for hydroxylation is 2. The summed E-state index contributed by atoms with van der Waals surface area (Å²) >= 11 is 0. The smallest absolute Gasteiger partial charge is 0.260 e. The highest BCUT2D eigenvalue weighted by atomic mass is 19.1. The van der Waals surface area contributed by atoms with Crippen LogP contribution in [0.3, 0.4) is 0 Å². The second kappa shape index (κ2) is 8.23. The Hall–Kier alpha value is -4.06. The SMILES string of the molecule is O=c1c2cc3c(=O)n(Cc4cccc(F)c4)ccc3nc2ccn1CCc1ccccc1. The number of nitrogens with zero attached hydrogens (tertiary/aromatic N) is 3. The molecule has 0 aliphatic rings. The first-order valence-corrected chi connectivity index (χ1v) is 10.4. The number of fused-ring (bicyclic) bond motifs is 2. The lowest BCUT2D eigenvalue weighted by Crippen LogP contribution is -2.23. The standard InChI is InChI=1S/C26H20FN3O2/c27-20-8-4-7-19(15-20)17-30-14-11-24-22(26(30)32)16-21-23(28-24)10-13-29(25(21)31)12-9-18-5-2-1-3-6-18/h1-8,10-11,13-16H,9,12,17H2. The molecule has 0 saturated heterocycles. The lowest BCUT2D eigenvalue weighted by Gasteiger charge is -2.10. The maximum Gasteiger partial charge on any atom is 0.260 e. The second-order valence-corrected chi connectivity index (χ2v) is 7.78. The first-order chi connectivity index (χ1) is 15.6. The molecule has 0 amide bonds. The van der Waals surface area contributed by atoms with Crippen LogP contribution in [0.2, 0.25) is 0 Å². The van der Waals surface area contributed by atoms with E-state index in [0.29, 0.717) is 33.9 Å². The molecule has 32 heavy (non-hydrogen) atoms. The zero-order valence-corrected chi connectivity index (χ0v) is 17.2. The van der Waals surface area contributed by atoms with Gasteiger partial charge in [-0.15, -0.1) is 0 Å². The van der Waals surface area contributed by atoms with Gasteiger partial charge in [0.05, 0.1) is 28.4 Å². The van der Waals surface area contributed by atoms with Gasteiger partial charge in [0.2, 0.25) is 0 Å². The number of hydrogen-bond acceptors (Lipinski definition) is 3. The maximum atomic E-state index is 13.5. The molecule has 2 aromatic carbocycles. The molecule has 5 rings (SSSR count). The van der Waals surface area contributed by atoms with Gasteiger partial charge in [-0.25, -0.2) is 9.37 Å². The van der Waals surface area contributed by atoms with Gasteiger partial charge in [0.1, 0.15) is 5.82 Å². The first kappa shape index (κ1) is 19.9. The van der Waals surface area contributed by atoms with Crippen molar-refractivity contribution in [2.75, 3.05) is 0 Å². The lowest BCUT2D eigenvalue weighted by atomic mass is 10.1. The van der Waals surface area contributed by atoms with Crippen LogP contribution in [0.1, 0.15) is 11.1 Å². The summed E-state index contributed by atoms with van der Waals surface area (Å²) in [6, 6.07) is 21.3. The summed E-state index contributed by atoms with van der Waals surface area (Å²) < 4.78 is 16.7. The molecule has 0 fully saturated rings. The van der Waals surface area contributed by atoms with E-state index in [1.807, 2.05) is 30.3 Å². The Balaban J connectivity index is 1.54. The Labute approximate surface area is 183 Å². The number of pyridine rings is 3. The first-order valence-electron chi connectivity index (χ1n) is 10.4. The minimum atomic E-state index is -0.347. The predicted molar refractivity (Wildman–Crippen MR) is 123 cm³/mol. The highest BCUT2D eigenvalue weighted by Gasteiger charge is 2.10. The molecule has 0 aliphatic carbocycles. The van der Waals surface area contributed by atoms with Crippen molar-refractivity contribution in [1.29, 1.82) is 0 Å². The van der Waals surface area contributed by atoms with Gasteiger partial charge in [-0.05, 0) is 47.9 Å². The van der Waals surface area contributed by atoms with E-state index in [1.54, 1.807) is 47.3 Å². The van der Waals surface area contributed by atoms with E-state index in [0.717, 1.165) is 12.0 Å². The molecular formula is C26H20FN3O2. The monoisotopic (exact) mass is 425 g/mol. The molecule has 0 aliphatic heterocycles. The van der Waals surface area contributed by atoms with Crippen molar-refractivity contribution in [2.24, 2.45) is 0 Å². The molecule has 0 atom stereocenters. The van der Waals surface area contributed by atoms with Crippen LogP contribution >= 0.6 is 0 Å². The fourth-order valence-electron chi connectivity index (χ4n) is 3.93. The van der Waals surface area contributed by atoms with Crippen molar-refractivity contribution in [3.05, 3.63) is 123 Å². The molecule has 0 saturated carbocycles. The van der Waals surface area contributed by atoms with Crippen LogP contribution in [0, 0.1) is 5.82 Å². The molecule has 5 nitrogen and oxygen atoms in total. The fourth-order valence-corrected chi connectivity index (χ4v) is 3.93. The van der Waals surface area contributed by atoms with Gasteiger partial charge in [0.25, 0.3) is 11.1 Å². The third-order valence-electron chi connectivity index (χ3n) is 5.61. The van der Waals surface area contributed by atoms with E-state index < -0.39 is 0 Å². The minimum absolute atomic E-state index is 0.173. The summed E-state index contributed by atoms with van der Waals surface area (Å²) in [5.74, 6) is -0.347. The maximum absolute atomic E-state index is 13.5. The van der Waals surface area contributed by atoms with Crippen LogP contribution in [0.4, 0.5) is 4.39 Å². The topological polar surface area (TPSA) is 56.9 Å². The Morgan fingerprint density at radius 1 is 0.719 bits per heavy atom. The van der Waals surface area contributed by atoms with E-state index in [4.69, 9.17) is 0 Å². The van der Waals surface area contributed by atoms with E-state index in [1.165, 1.54) is 16.7 Å². The van der Waals surface area contributed by atoms with Gasteiger partial charge >= 0.3 is 0 Å². The highest BCUT2D eigenvalue weighted by Crippen LogP contribution is 2.15. The quantitative estimate of drug-likeness (QED) is 0.398. The lowest BCUT2D eigenvalue weighted by molar-refractivity contribution is 0.623. The molecule has 0 radical (unpaired) electrons. The third-order valence-corrected chi connectivity index (χ3v) is 5.61. The van der Waals surface area contributed by atoms with Gasteiger partial charge < -0.3 is 9.13 Å². The minimum Gasteiger partial charge on any atom is -0.315 e. The summed E-state index contributed by atoms with van der Waals surface area (Å²) in [5, 5.41) is 0.781. The van der Waals surface area contributed by atoms with E-state index >= 15 is 0 Å². The Morgan fingerprint density at radius 2 is 1.38 bits per heavy atom. The molecule has 3 aromatic heterocycles. The van der Waals surface area contributed by atoms with Crippen LogP contribution in [-0.2, 0) is 19.5 Å². The zero-order valence-electron chi connectivity index (χ0n) is 17.2. The third kappa shape index (κ3) is 3.83. The normalized spacial score (nSPS) is 11.3. The van der Waals surface area contributed by atoms with Crippen molar-refractivity contribution in [2.45, 2.75) is 19.5 Å². The van der Waals surface area contributed by atoms with Crippen molar-refractivity contribution < 1.29 is 4.39 Å². The molecule has 0 spiro atoms. The van der Waals surface area contributed by atoms with Crippen LogP contribution in [-0.4, -0.2) is 14.1 Å². The largest absolute Gasteiger partial charge is 0.315 e. The Bertz CT molecular complexity index is 1560. The van der Waals surface area contributed by atoms with Gasteiger partial charge in [0.15, 0.2) is 0 Å². The van der Waals surface area contributed by atoms with Gasteiger partial charge in [-0.2, -0.15) is 0 Å². The highest BCUT2D eigenvalue weighted by molar-refractivity contribution is 5.91. The summed E-state index contributed by atoms with van der Waals surface area (Å²) in [5.41, 5.74) is 2.48. The number of halogens is 1. The van der Waals surface area contributed by atoms with Crippen molar-refractivity contribution in [3.8, 4) is 0 Å². The van der Waals surface area contributed by atoms with Crippen LogP contribution in [0.25, 0.3) is 21.8 Å². The summed E-state index contributed by atoms with van der Waals surface area (Å²) in [7, 11) is 0. The number of rotatable bonds is 5. The average molecular weight is 425 g/mol. The van der Waals surface area contributed by atoms with Crippen LogP contribution in [0.5, 0.6) is 0 Å². The molecule has 0 N–H and O–H groups in total. The van der Waals surface area contributed by atoms with Gasteiger partial charge in [0, 0.05) is 18.9 Å². The fraction of sp³-hybridized carbons (Fsp3) is 0.115. The second-order valence-electron chi connectivity index (χ2n) is 7.78. The molecule has 0 bridgehead atoms. The zero-order chi connectivity index (χ0) is 22.1. The number of aromatic nitrogens is 3. The molecule has 0 unspecified atom stereocenters. The van der Waals surface area contributed by atoms with E-state index in [-0.39, 0.29) is 23.5 Å². The van der Waals surface area contributed by atoms with Gasteiger partial charge in [-0.3, -0.25) is 9.59 Å². The number of hydrogen-bond donors (Lipinski definition) is 0.